The van der Waals surface area contributed by atoms with Crippen LogP contribution in [0, 0.1) is 34.5 Å². The van der Waals surface area contributed by atoms with Crippen LogP contribution in [0.4, 0.5) is 0 Å². The first-order valence-corrected chi connectivity index (χ1v) is 8.98. The molecule has 2 heteroatoms. The molecule has 4 aliphatic carbocycles. The van der Waals surface area contributed by atoms with Crippen molar-refractivity contribution in [2.24, 2.45) is 34.5 Å². The second kappa shape index (κ2) is 4.43. The molecule has 6 atom stereocenters. The van der Waals surface area contributed by atoms with Crippen molar-refractivity contribution in [3.8, 4) is 0 Å². The summed E-state index contributed by atoms with van der Waals surface area (Å²) >= 11 is 0. The molecule has 0 aromatic heterocycles. The quantitative estimate of drug-likeness (QED) is 0.670. The molecule has 0 spiro atoms. The van der Waals surface area contributed by atoms with Crippen LogP contribution in [0.15, 0.2) is 0 Å². The van der Waals surface area contributed by atoms with E-state index in [9.17, 15) is 9.59 Å². The highest BCUT2D eigenvalue weighted by Gasteiger charge is 2.60. The van der Waals surface area contributed by atoms with Crippen molar-refractivity contribution >= 4 is 11.6 Å². The van der Waals surface area contributed by atoms with Crippen LogP contribution in [0.25, 0.3) is 0 Å². The summed E-state index contributed by atoms with van der Waals surface area (Å²) in [6.45, 7) is 4.82. The van der Waals surface area contributed by atoms with Gasteiger partial charge in [0, 0.05) is 25.2 Å². The number of hydrogen-bond acceptors (Lipinski definition) is 2. The smallest absolute Gasteiger partial charge is 0.137 e. The van der Waals surface area contributed by atoms with Crippen LogP contribution < -0.4 is 0 Å². The molecule has 2 nitrogen and oxygen atoms in total. The number of carbonyl (C=O) groups excluding carboxylic acids is 2. The van der Waals surface area contributed by atoms with Crippen LogP contribution in [0.3, 0.4) is 0 Å². The second-order valence-corrected chi connectivity index (χ2v) is 8.93. The lowest BCUT2D eigenvalue weighted by atomic mass is 9.45. The first-order chi connectivity index (χ1) is 9.94. The molecule has 116 valence electrons. The molecule has 4 rings (SSSR count). The summed E-state index contributed by atoms with van der Waals surface area (Å²) in [4.78, 5) is 24.6. The van der Waals surface area contributed by atoms with Gasteiger partial charge in [0.2, 0.25) is 0 Å². The Morgan fingerprint density at radius 2 is 1.76 bits per heavy atom. The number of carbonyl (C=O) groups is 2. The van der Waals surface area contributed by atoms with Crippen molar-refractivity contribution in [2.45, 2.75) is 71.6 Å². The summed E-state index contributed by atoms with van der Waals surface area (Å²) in [6.07, 6.45) is 9.71. The molecule has 0 aromatic rings. The van der Waals surface area contributed by atoms with Crippen LogP contribution in [0.1, 0.15) is 71.6 Å². The van der Waals surface area contributed by atoms with E-state index in [1.54, 1.807) is 0 Å². The SMILES string of the molecule is C[C@]12CCC[C@@H]1[C@@H]1CC(=O)[C@H]3CC(=O)CC[C@@]3(C)[C@@H]1CC2. The lowest BCUT2D eigenvalue weighted by molar-refractivity contribution is -0.157. The van der Waals surface area contributed by atoms with Crippen LogP contribution in [-0.2, 0) is 9.59 Å². The fraction of sp³-hybridized carbons (Fsp3) is 0.895. The van der Waals surface area contributed by atoms with E-state index < -0.39 is 0 Å². The van der Waals surface area contributed by atoms with Gasteiger partial charge < -0.3 is 0 Å². The summed E-state index contributed by atoms with van der Waals surface area (Å²) < 4.78 is 0. The highest BCUT2D eigenvalue weighted by Crippen LogP contribution is 2.65. The monoisotopic (exact) mass is 288 g/mol. The van der Waals surface area contributed by atoms with E-state index in [1.807, 2.05) is 0 Å². The van der Waals surface area contributed by atoms with Gasteiger partial charge in [-0.05, 0) is 60.7 Å². The van der Waals surface area contributed by atoms with Crippen LogP contribution in [0.2, 0.25) is 0 Å². The van der Waals surface area contributed by atoms with Crippen LogP contribution in [0.5, 0.6) is 0 Å². The van der Waals surface area contributed by atoms with Gasteiger partial charge in [0.1, 0.15) is 11.6 Å². The third-order valence-electron chi connectivity index (χ3n) is 8.06. The van der Waals surface area contributed by atoms with Crippen molar-refractivity contribution in [1.29, 1.82) is 0 Å². The van der Waals surface area contributed by atoms with Gasteiger partial charge in [0.05, 0.1) is 0 Å². The van der Waals surface area contributed by atoms with Gasteiger partial charge in [-0.1, -0.05) is 20.3 Å². The second-order valence-electron chi connectivity index (χ2n) is 8.93. The molecule has 0 bridgehead atoms. The molecule has 0 aromatic carbocycles. The Balaban J connectivity index is 1.70. The zero-order chi connectivity index (χ0) is 14.8. The van der Waals surface area contributed by atoms with E-state index in [4.69, 9.17) is 0 Å². The molecular formula is C19H28O2. The number of Topliss-reactive ketones (excluding diaryl/α,β-unsaturated/α-hetero) is 2. The zero-order valence-electron chi connectivity index (χ0n) is 13.5. The van der Waals surface area contributed by atoms with Crippen molar-refractivity contribution in [3.05, 3.63) is 0 Å². The minimum atomic E-state index is 0.0470. The van der Waals surface area contributed by atoms with Gasteiger partial charge in [-0.3, -0.25) is 9.59 Å². The predicted molar refractivity (Wildman–Crippen MR) is 81.7 cm³/mol. The maximum atomic E-state index is 12.8. The fourth-order valence-corrected chi connectivity index (χ4v) is 6.83. The average Bonchev–Trinajstić information content (AvgIpc) is 2.83. The number of ketones is 2. The maximum Gasteiger partial charge on any atom is 0.137 e. The Labute approximate surface area is 128 Å². The van der Waals surface area contributed by atoms with Gasteiger partial charge in [0.15, 0.2) is 0 Å². The summed E-state index contributed by atoms with van der Waals surface area (Å²) in [7, 11) is 0. The molecule has 0 amide bonds. The lowest BCUT2D eigenvalue weighted by Crippen LogP contribution is -2.56. The van der Waals surface area contributed by atoms with Gasteiger partial charge in [0.25, 0.3) is 0 Å². The zero-order valence-corrected chi connectivity index (χ0v) is 13.5. The summed E-state index contributed by atoms with van der Waals surface area (Å²) in [5.74, 6) is 2.88. The standard InChI is InChI=1S/C19H28O2/c1-18-7-3-4-14(18)13-11-17(21)16-10-12(20)5-9-19(16,2)15(13)6-8-18/h13-16H,3-11H2,1-2H3/t13-,14+,15+,16+,18+,19-/m0/s1. The Morgan fingerprint density at radius 1 is 0.952 bits per heavy atom. The van der Waals surface area contributed by atoms with Gasteiger partial charge in [-0.25, -0.2) is 0 Å². The fourth-order valence-electron chi connectivity index (χ4n) is 6.83. The highest BCUT2D eigenvalue weighted by molar-refractivity contribution is 5.90. The Bertz CT molecular complexity index is 496. The normalized spacial score (nSPS) is 53.0. The maximum absolute atomic E-state index is 12.8. The van der Waals surface area contributed by atoms with E-state index in [0.29, 0.717) is 41.7 Å². The summed E-state index contributed by atoms with van der Waals surface area (Å²) in [5.41, 5.74) is 0.632. The van der Waals surface area contributed by atoms with Gasteiger partial charge in [-0.15, -0.1) is 0 Å². The Hall–Kier alpha value is -0.660. The third kappa shape index (κ3) is 1.83. The van der Waals surface area contributed by atoms with Gasteiger partial charge >= 0.3 is 0 Å². The van der Waals surface area contributed by atoms with Crippen molar-refractivity contribution in [1.82, 2.24) is 0 Å². The summed E-state index contributed by atoms with van der Waals surface area (Å²) in [6, 6.07) is 0. The topological polar surface area (TPSA) is 34.1 Å². The number of rotatable bonds is 0. The van der Waals surface area contributed by atoms with E-state index in [-0.39, 0.29) is 11.3 Å². The van der Waals surface area contributed by atoms with E-state index in [0.717, 1.165) is 18.8 Å². The molecule has 0 unspecified atom stereocenters. The van der Waals surface area contributed by atoms with Crippen LogP contribution in [-0.4, -0.2) is 11.6 Å². The largest absolute Gasteiger partial charge is 0.300 e. The van der Waals surface area contributed by atoms with Crippen molar-refractivity contribution < 1.29 is 9.59 Å². The van der Waals surface area contributed by atoms with E-state index in [2.05, 4.69) is 13.8 Å². The van der Waals surface area contributed by atoms with Crippen LogP contribution >= 0.6 is 0 Å². The third-order valence-corrected chi connectivity index (χ3v) is 8.06. The molecule has 0 N–H and O–H groups in total. The Kier molecular flexibility index (Phi) is 2.94. The minimum absolute atomic E-state index is 0.0470. The molecule has 21 heavy (non-hydrogen) atoms. The highest BCUT2D eigenvalue weighted by atomic mass is 16.1. The number of hydrogen-bond donors (Lipinski definition) is 0. The lowest BCUT2D eigenvalue weighted by Gasteiger charge is -2.58. The predicted octanol–water partition coefficient (Wildman–Crippen LogP) is 4.17. The molecule has 0 saturated heterocycles. The molecule has 0 heterocycles. The molecule has 0 aliphatic heterocycles. The molecule has 4 aliphatic rings. The molecule has 4 saturated carbocycles. The Morgan fingerprint density at radius 3 is 2.57 bits per heavy atom. The first-order valence-electron chi connectivity index (χ1n) is 8.98. The average molecular weight is 288 g/mol. The first kappa shape index (κ1) is 14.0. The van der Waals surface area contributed by atoms with Crippen molar-refractivity contribution in [3.63, 3.8) is 0 Å². The molecule has 0 radical (unpaired) electrons. The minimum Gasteiger partial charge on any atom is -0.300 e. The van der Waals surface area contributed by atoms with Gasteiger partial charge in [-0.2, -0.15) is 0 Å². The van der Waals surface area contributed by atoms with Crippen molar-refractivity contribution in [2.75, 3.05) is 0 Å². The van der Waals surface area contributed by atoms with E-state index in [1.165, 1.54) is 32.1 Å². The molecule has 4 fully saturated rings. The summed E-state index contributed by atoms with van der Waals surface area (Å²) in [5, 5.41) is 0. The number of fused-ring (bicyclic) bond motifs is 5. The van der Waals surface area contributed by atoms with E-state index >= 15 is 0 Å². The molecular weight excluding hydrogens is 260 g/mol.